The molecule has 2 atom stereocenters. The fourth-order valence-electron chi connectivity index (χ4n) is 4.50. The number of nitrogens with two attached hydrogens (primary N) is 1. The smallest absolute Gasteiger partial charge is 0.462 e. The van der Waals surface area contributed by atoms with Crippen LogP contribution in [0.1, 0.15) is 129 Å². The maximum atomic E-state index is 12.5. The number of ether oxygens (including phenoxy) is 2. The van der Waals surface area contributed by atoms with Crippen LogP contribution in [0.2, 0.25) is 0 Å². The molecule has 0 spiro atoms. The van der Waals surface area contributed by atoms with Gasteiger partial charge < -0.3 is 20.1 Å². The van der Waals surface area contributed by atoms with Gasteiger partial charge in [-0.1, -0.05) is 131 Å². The number of hydrogen-bond acceptors (Lipinski definition) is 8. The monoisotopic (exact) mass is 733 g/mol. The molecule has 0 aromatic rings. The number of esters is 2. The Morgan fingerprint density at radius 2 is 1.14 bits per heavy atom. The summed E-state index contributed by atoms with van der Waals surface area (Å²) in [5.74, 6) is -1.00. The van der Waals surface area contributed by atoms with Crippen molar-refractivity contribution in [1.29, 1.82) is 0 Å². The molecule has 51 heavy (non-hydrogen) atoms. The highest BCUT2D eigenvalue weighted by Crippen LogP contribution is 2.43. The Kier molecular flexibility index (Phi) is 34.9. The van der Waals surface area contributed by atoms with E-state index < -0.39 is 32.5 Å². The molecule has 0 aromatic heterocycles. The van der Waals surface area contributed by atoms with Crippen molar-refractivity contribution >= 4 is 19.8 Å². The van der Waals surface area contributed by atoms with E-state index in [9.17, 15) is 19.0 Å². The minimum absolute atomic E-state index is 0.00953. The molecule has 0 aromatic carbocycles. The molecule has 0 amide bonds. The maximum Gasteiger partial charge on any atom is 0.472 e. The van der Waals surface area contributed by atoms with Crippen molar-refractivity contribution in [2.45, 2.75) is 136 Å². The molecule has 10 heteroatoms. The van der Waals surface area contributed by atoms with E-state index in [1.807, 2.05) is 12.2 Å². The van der Waals surface area contributed by atoms with Crippen molar-refractivity contribution in [2.75, 3.05) is 26.4 Å². The summed E-state index contributed by atoms with van der Waals surface area (Å²) in [5, 5.41) is 0. The Morgan fingerprint density at radius 3 is 1.71 bits per heavy atom. The molecule has 0 radical (unpaired) electrons. The topological polar surface area (TPSA) is 134 Å². The summed E-state index contributed by atoms with van der Waals surface area (Å²) in [6.07, 6.45) is 45.0. The zero-order valence-corrected chi connectivity index (χ0v) is 32.4. The van der Waals surface area contributed by atoms with Gasteiger partial charge in [-0.05, 0) is 70.6 Å². The number of rotatable bonds is 34. The Hall–Kier alpha value is -2.81. The lowest BCUT2D eigenvalue weighted by molar-refractivity contribution is -0.160. The van der Waals surface area contributed by atoms with Gasteiger partial charge >= 0.3 is 19.8 Å². The van der Waals surface area contributed by atoms with Gasteiger partial charge in [-0.3, -0.25) is 18.6 Å². The second kappa shape index (κ2) is 37.0. The van der Waals surface area contributed by atoms with E-state index >= 15 is 0 Å². The summed E-state index contributed by atoms with van der Waals surface area (Å²) < 4.78 is 32.5. The Labute approximate surface area is 309 Å². The molecule has 290 valence electrons. The van der Waals surface area contributed by atoms with Crippen LogP contribution in [-0.4, -0.2) is 49.3 Å². The largest absolute Gasteiger partial charge is 0.472 e. The van der Waals surface area contributed by atoms with E-state index in [1.54, 1.807) is 6.08 Å². The van der Waals surface area contributed by atoms with Gasteiger partial charge in [-0.25, -0.2) is 4.57 Å². The van der Waals surface area contributed by atoms with Crippen LogP contribution in [0.4, 0.5) is 0 Å². The van der Waals surface area contributed by atoms with Crippen LogP contribution in [-0.2, 0) is 32.7 Å². The molecule has 0 aliphatic carbocycles. The second-order valence-corrected chi connectivity index (χ2v) is 13.5. The van der Waals surface area contributed by atoms with Gasteiger partial charge in [0.2, 0.25) is 0 Å². The van der Waals surface area contributed by atoms with Crippen LogP contribution in [0.5, 0.6) is 0 Å². The van der Waals surface area contributed by atoms with Gasteiger partial charge in [0.15, 0.2) is 6.10 Å². The number of allylic oxidation sites excluding steroid dienone is 13. The first-order chi connectivity index (χ1) is 24.8. The lowest BCUT2D eigenvalue weighted by Crippen LogP contribution is -2.29. The van der Waals surface area contributed by atoms with E-state index in [0.29, 0.717) is 12.8 Å². The zero-order valence-electron chi connectivity index (χ0n) is 31.5. The third-order valence-corrected chi connectivity index (χ3v) is 8.28. The molecule has 0 saturated heterocycles. The molecule has 0 aliphatic rings. The van der Waals surface area contributed by atoms with Crippen molar-refractivity contribution in [1.82, 2.24) is 0 Å². The number of carbonyl (C=O) groups is 2. The average Bonchev–Trinajstić information content (AvgIpc) is 3.11. The molecular weight excluding hydrogens is 665 g/mol. The third kappa shape index (κ3) is 36.8. The Bertz CT molecular complexity index is 1110. The van der Waals surface area contributed by atoms with Crippen LogP contribution >= 0.6 is 7.82 Å². The highest BCUT2D eigenvalue weighted by atomic mass is 31.2. The SMILES string of the molecule is CC/C=C\C/C=C\C/C=C\C/C=C\C/C=C\CC(=O)OC(COC(=O)CCCCCCC/C=C\C/C=C\CCCCC)COP(=O)(O)OCCN. The Morgan fingerprint density at radius 1 is 0.627 bits per heavy atom. The van der Waals surface area contributed by atoms with Gasteiger partial charge in [-0.15, -0.1) is 0 Å². The van der Waals surface area contributed by atoms with E-state index in [4.69, 9.17) is 24.3 Å². The summed E-state index contributed by atoms with van der Waals surface area (Å²) >= 11 is 0. The first-order valence-electron chi connectivity index (χ1n) is 19.1. The first kappa shape index (κ1) is 48.2. The summed E-state index contributed by atoms with van der Waals surface area (Å²) in [6.45, 7) is 3.42. The molecule has 2 unspecified atom stereocenters. The highest BCUT2D eigenvalue weighted by Gasteiger charge is 2.25. The summed E-state index contributed by atoms with van der Waals surface area (Å²) in [6, 6.07) is 0. The fourth-order valence-corrected chi connectivity index (χ4v) is 5.27. The quantitative estimate of drug-likeness (QED) is 0.0287. The van der Waals surface area contributed by atoms with Crippen molar-refractivity contribution < 1.29 is 37.6 Å². The van der Waals surface area contributed by atoms with Crippen LogP contribution in [0, 0.1) is 0 Å². The normalized spacial score (nSPS) is 14.4. The molecule has 0 heterocycles. The van der Waals surface area contributed by atoms with Crippen molar-refractivity contribution in [3.05, 3.63) is 85.1 Å². The first-order valence-corrected chi connectivity index (χ1v) is 20.6. The summed E-state index contributed by atoms with van der Waals surface area (Å²) in [4.78, 5) is 34.7. The lowest BCUT2D eigenvalue weighted by Gasteiger charge is -2.19. The van der Waals surface area contributed by atoms with Crippen LogP contribution < -0.4 is 5.73 Å². The van der Waals surface area contributed by atoms with E-state index in [0.717, 1.165) is 64.2 Å². The van der Waals surface area contributed by atoms with Gasteiger partial charge in [0, 0.05) is 13.0 Å². The van der Waals surface area contributed by atoms with E-state index in [2.05, 4.69) is 80.7 Å². The molecule has 9 nitrogen and oxygen atoms in total. The van der Waals surface area contributed by atoms with Gasteiger partial charge in [0.25, 0.3) is 0 Å². The highest BCUT2D eigenvalue weighted by molar-refractivity contribution is 7.47. The van der Waals surface area contributed by atoms with Gasteiger partial charge in [0.05, 0.1) is 19.6 Å². The van der Waals surface area contributed by atoms with Crippen LogP contribution in [0.25, 0.3) is 0 Å². The zero-order chi connectivity index (χ0) is 37.5. The number of hydrogen-bond donors (Lipinski definition) is 2. The minimum Gasteiger partial charge on any atom is -0.462 e. The number of unbranched alkanes of at least 4 members (excludes halogenated alkanes) is 8. The molecule has 0 bridgehead atoms. The van der Waals surface area contributed by atoms with Gasteiger partial charge in [0.1, 0.15) is 6.61 Å². The maximum absolute atomic E-state index is 12.5. The lowest BCUT2D eigenvalue weighted by atomic mass is 10.1. The molecule has 0 aliphatic heterocycles. The predicted molar refractivity (Wildman–Crippen MR) is 210 cm³/mol. The molecular formula is C41H68NO8P. The molecule has 0 saturated carbocycles. The summed E-state index contributed by atoms with van der Waals surface area (Å²) in [5.41, 5.74) is 5.32. The molecule has 0 rings (SSSR count). The van der Waals surface area contributed by atoms with Crippen molar-refractivity contribution in [3.8, 4) is 0 Å². The number of phosphoric ester groups is 1. The Balaban J connectivity index is 4.41. The number of carbonyl (C=O) groups excluding carboxylic acids is 2. The van der Waals surface area contributed by atoms with Crippen LogP contribution in [0.15, 0.2) is 85.1 Å². The molecule has 3 N–H and O–H groups in total. The van der Waals surface area contributed by atoms with Crippen LogP contribution in [0.3, 0.4) is 0 Å². The molecule has 0 fully saturated rings. The van der Waals surface area contributed by atoms with Crippen molar-refractivity contribution in [3.63, 3.8) is 0 Å². The van der Waals surface area contributed by atoms with E-state index in [1.165, 1.54) is 25.7 Å². The third-order valence-electron chi connectivity index (χ3n) is 7.30. The standard InChI is InChI=1S/C41H68NO8P/c1-3-5-7-9-11-13-15-17-19-21-23-25-27-29-31-33-40(43)47-37-39(38-49-51(45,46)48-36-35-42)50-41(44)34-32-30-28-26-24-22-20-18-16-14-12-10-8-6-4-2/h6,8,11-14,17-20,24,26,30,32,39H,3-5,7,9-10,15-16,21-23,25,27-29,31,33-38,42H2,1-2H3,(H,45,46)/b8-6-,13-11-,14-12-,19-17-,20-18-,26-24-,32-30-. The second-order valence-electron chi connectivity index (χ2n) is 12.1. The summed E-state index contributed by atoms with van der Waals surface area (Å²) in [7, 11) is -4.40. The van der Waals surface area contributed by atoms with Gasteiger partial charge in [-0.2, -0.15) is 0 Å². The fraction of sp³-hybridized carbons (Fsp3) is 0.610. The van der Waals surface area contributed by atoms with Crippen molar-refractivity contribution in [2.24, 2.45) is 5.73 Å². The minimum atomic E-state index is -4.40. The average molecular weight is 734 g/mol. The van der Waals surface area contributed by atoms with E-state index in [-0.39, 0.29) is 32.6 Å². The number of phosphoric acid groups is 1. The predicted octanol–water partition coefficient (Wildman–Crippen LogP) is 10.5.